The predicted octanol–water partition coefficient (Wildman–Crippen LogP) is 2.74. The number of benzene rings is 1. The highest BCUT2D eigenvalue weighted by Gasteiger charge is 2.11. The highest BCUT2D eigenvalue weighted by Crippen LogP contribution is 2.26. The van der Waals surface area contributed by atoms with Gasteiger partial charge in [0.05, 0.1) is 13.7 Å². The van der Waals surface area contributed by atoms with Crippen LogP contribution in [0.4, 0.5) is 0 Å². The van der Waals surface area contributed by atoms with Crippen LogP contribution in [0, 0.1) is 0 Å². The van der Waals surface area contributed by atoms with E-state index in [1.807, 2.05) is 18.2 Å². The smallest absolute Gasteiger partial charge is 0.354 e. The first-order chi connectivity index (χ1) is 8.26. The van der Waals surface area contributed by atoms with E-state index in [1.54, 1.807) is 6.07 Å². The first kappa shape index (κ1) is 11.5. The average Bonchev–Trinajstić information content (AvgIpc) is 2.79. The molecule has 2 aromatic rings. The standard InChI is InChI=1S/C13H15NO3/c1-3-7-17-12-6-4-5-10-9(12)8-11(14-10)13(15)16-2/h4-6,8,14H,3,7H2,1-2H3. The Balaban J connectivity index is 2.41. The lowest BCUT2D eigenvalue weighted by molar-refractivity contribution is 0.0595. The number of H-pyrrole nitrogens is 1. The van der Waals surface area contributed by atoms with Crippen molar-refractivity contribution in [2.75, 3.05) is 13.7 Å². The van der Waals surface area contributed by atoms with E-state index in [4.69, 9.17) is 4.74 Å². The van der Waals surface area contributed by atoms with Crippen molar-refractivity contribution < 1.29 is 14.3 Å². The summed E-state index contributed by atoms with van der Waals surface area (Å²) < 4.78 is 10.3. The summed E-state index contributed by atoms with van der Waals surface area (Å²) in [6.07, 6.45) is 0.949. The number of hydrogen-bond acceptors (Lipinski definition) is 3. The summed E-state index contributed by atoms with van der Waals surface area (Å²) in [6.45, 7) is 2.72. The summed E-state index contributed by atoms with van der Waals surface area (Å²) >= 11 is 0. The molecule has 0 amide bonds. The predicted molar refractivity (Wildman–Crippen MR) is 65.4 cm³/mol. The van der Waals surface area contributed by atoms with Gasteiger partial charge in [0.2, 0.25) is 0 Å². The second-order valence-electron chi connectivity index (χ2n) is 3.74. The van der Waals surface area contributed by atoms with Gasteiger partial charge in [-0.2, -0.15) is 0 Å². The molecule has 1 N–H and O–H groups in total. The molecule has 0 aliphatic rings. The van der Waals surface area contributed by atoms with Gasteiger partial charge in [-0.15, -0.1) is 0 Å². The number of carbonyl (C=O) groups excluding carboxylic acids is 1. The van der Waals surface area contributed by atoms with Gasteiger partial charge >= 0.3 is 5.97 Å². The largest absolute Gasteiger partial charge is 0.493 e. The topological polar surface area (TPSA) is 51.3 Å². The number of methoxy groups -OCH3 is 1. The van der Waals surface area contributed by atoms with Gasteiger partial charge in [0.1, 0.15) is 11.4 Å². The van der Waals surface area contributed by atoms with Crippen LogP contribution in [0.5, 0.6) is 5.75 Å². The molecular weight excluding hydrogens is 218 g/mol. The normalized spacial score (nSPS) is 10.5. The van der Waals surface area contributed by atoms with Crippen molar-refractivity contribution in [3.63, 3.8) is 0 Å². The van der Waals surface area contributed by atoms with E-state index in [1.165, 1.54) is 7.11 Å². The fourth-order valence-electron chi connectivity index (χ4n) is 1.69. The molecule has 0 aliphatic carbocycles. The molecule has 1 heterocycles. The fourth-order valence-corrected chi connectivity index (χ4v) is 1.69. The second kappa shape index (κ2) is 4.91. The molecule has 0 atom stereocenters. The van der Waals surface area contributed by atoms with E-state index >= 15 is 0 Å². The lowest BCUT2D eigenvalue weighted by Gasteiger charge is -2.04. The molecule has 0 aliphatic heterocycles. The third-order valence-electron chi connectivity index (χ3n) is 2.49. The Hall–Kier alpha value is -1.97. The van der Waals surface area contributed by atoms with Gasteiger partial charge in [-0.1, -0.05) is 13.0 Å². The Morgan fingerprint density at radius 1 is 1.41 bits per heavy atom. The summed E-state index contributed by atoms with van der Waals surface area (Å²) in [5.74, 6) is 0.415. The van der Waals surface area contributed by atoms with E-state index in [-0.39, 0.29) is 5.97 Å². The molecule has 0 unspecified atom stereocenters. The minimum Gasteiger partial charge on any atom is -0.493 e. The summed E-state index contributed by atoms with van der Waals surface area (Å²) in [6, 6.07) is 7.45. The first-order valence-corrected chi connectivity index (χ1v) is 5.59. The summed E-state index contributed by atoms with van der Waals surface area (Å²) in [4.78, 5) is 14.4. The van der Waals surface area contributed by atoms with E-state index in [0.717, 1.165) is 23.1 Å². The number of rotatable bonds is 4. The molecule has 0 saturated heterocycles. The van der Waals surface area contributed by atoms with E-state index < -0.39 is 0 Å². The van der Waals surface area contributed by atoms with Crippen molar-refractivity contribution in [2.24, 2.45) is 0 Å². The number of aromatic nitrogens is 1. The van der Waals surface area contributed by atoms with Gasteiger partial charge in [-0.3, -0.25) is 0 Å². The minimum absolute atomic E-state index is 0.373. The van der Waals surface area contributed by atoms with E-state index in [0.29, 0.717) is 12.3 Å². The summed E-state index contributed by atoms with van der Waals surface area (Å²) in [5.41, 5.74) is 1.31. The molecule has 1 aromatic heterocycles. The van der Waals surface area contributed by atoms with Crippen LogP contribution in [0.25, 0.3) is 10.9 Å². The number of esters is 1. The molecule has 0 fully saturated rings. The van der Waals surface area contributed by atoms with Gasteiger partial charge < -0.3 is 14.5 Å². The molecule has 0 bridgehead atoms. The number of aromatic amines is 1. The lowest BCUT2D eigenvalue weighted by atomic mass is 10.2. The van der Waals surface area contributed by atoms with Gasteiger partial charge in [0.15, 0.2) is 0 Å². The molecule has 0 spiro atoms. The Labute approximate surface area is 99.5 Å². The zero-order valence-corrected chi connectivity index (χ0v) is 9.95. The molecular formula is C13H15NO3. The number of nitrogens with one attached hydrogen (secondary N) is 1. The summed E-state index contributed by atoms with van der Waals surface area (Å²) in [5, 5.41) is 0.904. The maximum Gasteiger partial charge on any atom is 0.354 e. The van der Waals surface area contributed by atoms with Crippen molar-refractivity contribution in [1.29, 1.82) is 0 Å². The van der Waals surface area contributed by atoms with Gasteiger partial charge in [0.25, 0.3) is 0 Å². The molecule has 0 saturated carbocycles. The Morgan fingerprint density at radius 2 is 2.24 bits per heavy atom. The van der Waals surface area contributed by atoms with Crippen LogP contribution in [0.2, 0.25) is 0 Å². The van der Waals surface area contributed by atoms with Crippen molar-refractivity contribution >= 4 is 16.9 Å². The Kier molecular flexibility index (Phi) is 3.32. The van der Waals surface area contributed by atoms with Gasteiger partial charge in [-0.05, 0) is 24.6 Å². The van der Waals surface area contributed by atoms with Crippen LogP contribution >= 0.6 is 0 Å². The fraction of sp³-hybridized carbons (Fsp3) is 0.308. The van der Waals surface area contributed by atoms with Crippen molar-refractivity contribution in [3.05, 3.63) is 30.0 Å². The average molecular weight is 233 g/mol. The van der Waals surface area contributed by atoms with Crippen LogP contribution in [0.15, 0.2) is 24.3 Å². The first-order valence-electron chi connectivity index (χ1n) is 5.59. The molecule has 90 valence electrons. The highest BCUT2D eigenvalue weighted by molar-refractivity contribution is 5.96. The van der Waals surface area contributed by atoms with Crippen molar-refractivity contribution in [1.82, 2.24) is 4.98 Å². The Bertz CT molecular complexity index is 530. The highest BCUT2D eigenvalue weighted by atomic mass is 16.5. The van der Waals surface area contributed by atoms with Crippen LogP contribution < -0.4 is 4.74 Å². The van der Waals surface area contributed by atoms with E-state index in [9.17, 15) is 4.79 Å². The zero-order valence-electron chi connectivity index (χ0n) is 9.95. The SMILES string of the molecule is CCCOc1cccc2[nH]c(C(=O)OC)cc12. The van der Waals surface area contributed by atoms with Crippen LogP contribution in [0.3, 0.4) is 0 Å². The van der Waals surface area contributed by atoms with Crippen molar-refractivity contribution in [3.8, 4) is 5.75 Å². The van der Waals surface area contributed by atoms with Crippen LogP contribution in [-0.4, -0.2) is 24.7 Å². The number of ether oxygens (including phenoxy) is 2. The number of fused-ring (bicyclic) bond motifs is 1. The monoisotopic (exact) mass is 233 g/mol. The van der Waals surface area contributed by atoms with Crippen LogP contribution in [-0.2, 0) is 4.74 Å². The summed E-state index contributed by atoms with van der Waals surface area (Å²) in [7, 11) is 1.36. The third kappa shape index (κ3) is 2.25. The maximum absolute atomic E-state index is 11.4. The van der Waals surface area contributed by atoms with E-state index in [2.05, 4.69) is 16.6 Å². The van der Waals surface area contributed by atoms with Gasteiger partial charge in [0, 0.05) is 10.9 Å². The quantitative estimate of drug-likeness (QED) is 0.826. The Morgan fingerprint density at radius 3 is 2.94 bits per heavy atom. The lowest BCUT2D eigenvalue weighted by Crippen LogP contribution is -2.00. The van der Waals surface area contributed by atoms with Gasteiger partial charge in [-0.25, -0.2) is 4.79 Å². The number of carbonyl (C=O) groups is 1. The zero-order chi connectivity index (χ0) is 12.3. The molecule has 0 radical (unpaired) electrons. The van der Waals surface area contributed by atoms with Crippen LogP contribution in [0.1, 0.15) is 23.8 Å². The molecule has 17 heavy (non-hydrogen) atoms. The number of hydrogen-bond donors (Lipinski definition) is 1. The third-order valence-corrected chi connectivity index (χ3v) is 2.49. The molecule has 4 heteroatoms. The molecule has 2 rings (SSSR count). The molecule has 1 aromatic carbocycles. The maximum atomic E-state index is 11.4. The minimum atomic E-state index is -0.373. The molecule has 4 nitrogen and oxygen atoms in total. The second-order valence-corrected chi connectivity index (χ2v) is 3.74. The van der Waals surface area contributed by atoms with Crippen molar-refractivity contribution in [2.45, 2.75) is 13.3 Å².